The molecule has 1 saturated heterocycles. The summed E-state index contributed by atoms with van der Waals surface area (Å²) in [6, 6.07) is 5.50. The van der Waals surface area contributed by atoms with Gasteiger partial charge in [-0.2, -0.15) is 0 Å². The normalized spacial score (nSPS) is 17.3. The van der Waals surface area contributed by atoms with Gasteiger partial charge in [0, 0.05) is 11.8 Å². The molecule has 23 heavy (non-hydrogen) atoms. The van der Waals surface area contributed by atoms with Crippen molar-refractivity contribution in [3.05, 3.63) is 35.5 Å². The van der Waals surface area contributed by atoms with Crippen LogP contribution >= 0.6 is 0 Å². The van der Waals surface area contributed by atoms with E-state index < -0.39 is 5.91 Å². The molecule has 3 heterocycles. The number of primary amides is 1. The zero-order valence-electron chi connectivity index (χ0n) is 13.2. The molecule has 1 fully saturated rings. The number of amides is 1. The number of aromatic amines is 1. The predicted molar refractivity (Wildman–Crippen MR) is 89.7 cm³/mol. The minimum absolute atomic E-state index is 0.426. The molecule has 0 saturated carbocycles. The highest BCUT2D eigenvalue weighted by Crippen LogP contribution is 2.32. The predicted octanol–water partition coefficient (Wildman–Crippen LogP) is 2.11. The van der Waals surface area contributed by atoms with E-state index in [1.165, 1.54) is 5.56 Å². The molecule has 0 spiro atoms. The van der Waals surface area contributed by atoms with Crippen LogP contribution < -0.4 is 5.73 Å². The number of benzene rings is 1. The molecule has 120 valence electrons. The first kappa shape index (κ1) is 14.3. The number of nitrogens with zero attached hydrogens (tertiary/aromatic N) is 3. The number of nitrogens with two attached hydrogens (primary N) is 1. The van der Waals surface area contributed by atoms with E-state index in [1.54, 1.807) is 6.07 Å². The fourth-order valence-corrected chi connectivity index (χ4v) is 3.70. The lowest BCUT2D eigenvalue weighted by atomic mass is 9.91. The van der Waals surface area contributed by atoms with Crippen molar-refractivity contribution in [1.82, 2.24) is 19.5 Å². The van der Waals surface area contributed by atoms with Crippen molar-refractivity contribution < 1.29 is 4.79 Å². The number of H-pyrrole nitrogens is 1. The van der Waals surface area contributed by atoms with Crippen molar-refractivity contribution in [2.75, 3.05) is 19.6 Å². The molecule has 1 aromatic carbocycles. The molecule has 1 aliphatic rings. The van der Waals surface area contributed by atoms with Crippen molar-refractivity contribution in [3.8, 4) is 0 Å². The van der Waals surface area contributed by atoms with Gasteiger partial charge < -0.3 is 10.6 Å². The molecule has 0 bridgehead atoms. The molecule has 4 rings (SSSR count). The Hall–Kier alpha value is -2.34. The maximum atomic E-state index is 11.7. The first-order valence-corrected chi connectivity index (χ1v) is 8.19. The van der Waals surface area contributed by atoms with Gasteiger partial charge in [0.2, 0.25) is 0 Å². The van der Waals surface area contributed by atoms with E-state index in [9.17, 15) is 4.79 Å². The SMILES string of the molecule is CCN1CCC(c2c[nH]n3c2nc2cccc(C(N)=O)c23)CC1. The number of imidazole rings is 1. The van der Waals surface area contributed by atoms with Crippen LogP contribution in [0.1, 0.15) is 41.6 Å². The maximum Gasteiger partial charge on any atom is 0.250 e. The highest BCUT2D eigenvalue weighted by atomic mass is 16.1. The number of hydrogen-bond donors (Lipinski definition) is 2. The van der Waals surface area contributed by atoms with E-state index in [0.29, 0.717) is 11.5 Å². The number of nitrogens with one attached hydrogen (secondary N) is 1. The smallest absolute Gasteiger partial charge is 0.250 e. The lowest BCUT2D eigenvalue weighted by molar-refractivity contribution is 0.100. The van der Waals surface area contributed by atoms with Gasteiger partial charge in [-0.15, -0.1) is 0 Å². The molecule has 6 nitrogen and oxygen atoms in total. The number of piperidine rings is 1. The Kier molecular flexibility index (Phi) is 3.34. The lowest BCUT2D eigenvalue weighted by Gasteiger charge is -2.30. The summed E-state index contributed by atoms with van der Waals surface area (Å²) in [7, 11) is 0. The number of carbonyl (C=O) groups is 1. The van der Waals surface area contributed by atoms with Crippen LogP contribution in [0.5, 0.6) is 0 Å². The number of para-hydroxylation sites is 1. The molecular formula is C17H21N5O. The minimum atomic E-state index is -0.426. The second-order valence-electron chi connectivity index (χ2n) is 6.25. The monoisotopic (exact) mass is 311 g/mol. The molecule has 0 aliphatic carbocycles. The fourth-order valence-electron chi connectivity index (χ4n) is 3.70. The summed E-state index contributed by atoms with van der Waals surface area (Å²) < 4.78 is 1.90. The van der Waals surface area contributed by atoms with Crippen LogP contribution in [0.4, 0.5) is 0 Å². The summed E-state index contributed by atoms with van der Waals surface area (Å²) in [5, 5.41) is 3.26. The molecule has 0 radical (unpaired) electrons. The quantitative estimate of drug-likeness (QED) is 0.777. The van der Waals surface area contributed by atoms with Crippen molar-refractivity contribution in [1.29, 1.82) is 0 Å². The summed E-state index contributed by atoms with van der Waals surface area (Å²) in [6.07, 6.45) is 4.33. The van der Waals surface area contributed by atoms with Gasteiger partial charge in [0.05, 0.1) is 11.1 Å². The van der Waals surface area contributed by atoms with Gasteiger partial charge in [-0.3, -0.25) is 9.89 Å². The summed E-state index contributed by atoms with van der Waals surface area (Å²) >= 11 is 0. The topological polar surface area (TPSA) is 79.4 Å². The molecule has 1 amide bonds. The van der Waals surface area contributed by atoms with Gasteiger partial charge in [-0.25, -0.2) is 9.50 Å². The fraction of sp³-hybridized carbons (Fsp3) is 0.412. The Morgan fingerprint density at radius 3 is 2.87 bits per heavy atom. The third-order valence-corrected chi connectivity index (χ3v) is 5.02. The van der Waals surface area contributed by atoms with Crippen LogP contribution in [-0.2, 0) is 0 Å². The zero-order valence-corrected chi connectivity index (χ0v) is 13.2. The number of fused-ring (bicyclic) bond motifs is 3. The van der Waals surface area contributed by atoms with E-state index in [4.69, 9.17) is 10.7 Å². The summed E-state index contributed by atoms with van der Waals surface area (Å²) in [6.45, 7) is 5.59. The highest BCUT2D eigenvalue weighted by molar-refractivity contribution is 6.05. The van der Waals surface area contributed by atoms with Crippen LogP contribution in [0.2, 0.25) is 0 Å². The van der Waals surface area contributed by atoms with Gasteiger partial charge in [-0.05, 0) is 50.5 Å². The van der Waals surface area contributed by atoms with Crippen molar-refractivity contribution in [3.63, 3.8) is 0 Å². The minimum Gasteiger partial charge on any atom is -0.366 e. The first-order valence-electron chi connectivity index (χ1n) is 8.19. The van der Waals surface area contributed by atoms with E-state index in [0.717, 1.165) is 49.2 Å². The molecule has 1 aliphatic heterocycles. The maximum absolute atomic E-state index is 11.7. The average Bonchev–Trinajstić information content (AvgIpc) is 3.13. The van der Waals surface area contributed by atoms with Gasteiger partial charge in [-0.1, -0.05) is 13.0 Å². The van der Waals surface area contributed by atoms with E-state index >= 15 is 0 Å². The number of carbonyl (C=O) groups excluding carboxylic acids is 1. The summed E-state index contributed by atoms with van der Waals surface area (Å²) in [5.74, 6) is 0.0881. The Balaban J connectivity index is 1.80. The number of hydrogen-bond acceptors (Lipinski definition) is 3. The van der Waals surface area contributed by atoms with Crippen molar-refractivity contribution >= 4 is 22.6 Å². The molecule has 3 N–H and O–H groups in total. The molecule has 3 aromatic rings. The van der Waals surface area contributed by atoms with Gasteiger partial charge in [0.1, 0.15) is 5.52 Å². The second-order valence-corrected chi connectivity index (χ2v) is 6.25. The zero-order chi connectivity index (χ0) is 16.0. The van der Waals surface area contributed by atoms with Crippen molar-refractivity contribution in [2.45, 2.75) is 25.7 Å². The Morgan fingerprint density at radius 2 is 2.17 bits per heavy atom. The largest absolute Gasteiger partial charge is 0.366 e. The Morgan fingerprint density at radius 1 is 1.39 bits per heavy atom. The molecule has 6 heteroatoms. The van der Waals surface area contributed by atoms with Gasteiger partial charge in [0.25, 0.3) is 5.91 Å². The van der Waals surface area contributed by atoms with Crippen molar-refractivity contribution in [2.24, 2.45) is 5.73 Å². The van der Waals surface area contributed by atoms with Gasteiger partial charge in [0.15, 0.2) is 5.65 Å². The molecule has 0 atom stereocenters. The number of rotatable bonds is 3. The number of likely N-dealkylation sites (tertiary alicyclic amines) is 1. The Labute approximate surface area is 134 Å². The molecule has 0 unspecified atom stereocenters. The highest BCUT2D eigenvalue weighted by Gasteiger charge is 2.24. The van der Waals surface area contributed by atoms with Crippen LogP contribution in [0.15, 0.2) is 24.4 Å². The van der Waals surface area contributed by atoms with E-state index in [-0.39, 0.29) is 0 Å². The van der Waals surface area contributed by atoms with E-state index in [2.05, 4.69) is 16.9 Å². The van der Waals surface area contributed by atoms with Crippen LogP contribution in [0.3, 0.4) is 0 Å². The second kappa shape index (κ2) is 5.38. The summed E-state index contributed by atoms with van der Waals surface area (Å²) in [5.41, 5.74) is 9.75. The van der Waals surface area contributed by atoms with Crippen LogP contribution in [0, 0.1) is 0 Å². The lowest BCUT2D eigenvalue weighted by Crippen LogP contribution is -2.32. The van der Waals surface area contributed by atoms with Gasteiger partial charge >= 0.3 is 0 Å². The number of aromatic nitrogens is 3. The summed E-state index contributed by atoms with van der Waals surface area (Å²) in [4.78, 5) is 18.9. The van der Waals surface area contributed by atoms with Crippen LogP contribution in [-0.4, -0.2) is 45.0 Å². The third kappa shape index (κ3) is 2.21. The third-order valence-electron chi connectivity index (χ3n) is 5.02. The standard InChI is InChI=1S/C17H21N5O/c1-2-21-8-6-11(7-9-21)13-10-19-22-15-12(16(18)23)4-3-5-14(15)20-17(13)22/h3-5,10-11,19H,2,6-9H2,1H3,(H2,18,23). The van der Waals surface area contributed by atoms with E-state index in [1.807, 2.05) is 22.8 Å². The first-order chi connectivity index (χ1) is 11.2. The van der Waals surface area contributed by atoms with Crippen LogP contribution in [0.25, 0.3) is 16.7 Å². The molecule has 2 aromatic heterocycles. The Bertz CT molecular complexity index is 870. The average molecular weight is 311 g/mol. The molecular weight excluding hydrogens is 290 g/mol.